The molecule has 1 amide bonds. The fraction of sp³-hybridized carbons (Fsp3) is 0.400. The zero-order valence-electron chi connectivity index (χ0n) is 8.54. The van der Waals surface area contributed by atoms with E-state index in [0.29, 0.717) is 22.7 Å². The summed E-state index contributed by atoms with van der Waals surface area (Å²) in [7, 11) is 0. The van der Waals surface area contributed by atoms with Gasteiger partial charge in [0, 0.05) is 0 Å². The van der Waals surface area contributed by atoms with Gasteiger partial charge in [-0.15, -0.1) is 11.3 Å². The Kier molecular flexibility index (Phi) is 2.67. The molecule has 0 spiro atoms. The molecular weight excluding hydrogens is 250 g/mol. The fourth-order valence-electron chi connectivity index (χ4n) is 1.37. The maximum Gasteiger partial charge on any atom is 0.329 e. The van der Waals surface area contributed by atoms with Crippen molar-refractivity contribution in [2.75, 3.05) is 0 Å². The van der Waals surface area contributed by atoms with Crippen LogP contribution in [-0.4, -0.2) is 22.5 Å². The Bertz CT molecular complexity index is 465. The number of hydrogen-bond donors (Lipinski definition) is 2. The molecule has 0 radical (unpaired) electrons. The Morgan fingerprint density at radius 1 is 1.56 bits per heavy atom. The van der Waals surface area contributed by atoms with Crippen LogP contribution in [0.25, 0.3) is 0 Å². The van der Waals surface area contributed by atoms with Crippen LogP contribution in [0.1, 0.15) is 28.1 Å². The zero-order chi connectivity index (χ0) is 11.9. The van der Waals surface area contributed by atoms with Crippen molar-refractivity contribution in [1.29, 1.82) is 0 Å². The Morgan fingerprint density at radius 2 is 2.19 bits per heavy atom. The Balaban J connectivity index is 2.15. The van der Waals surface area contributed by atoms with Gasteiger partial charge in [0.15, 0.2) is 0 Å². The van der Waals surface area contributed by atoms with Crippen LogP contribution >= 0.6 is 22.9 Å². The summed E-state index contributed by atoms with van der Waals surface area (Å²) in [4.78, 5) is 23.1. The molecule has 1 fully saturated rings. The van der Waals surface area contributed by atoms with Crippen molar-refractivity contribution >= 4 is 34.8 Å². The van der Waals surface area contributed by atoms with Crippen molar-refractivity contribution in [2.45, 2.75) is 25.3 Å². The standard InChI is InChI=1S/C10H10ClNO3S/c1-5-4-16-7(6(5)11)8(13)12-10(2-3-10)9(14)15/h4H,2-3H2,1H3,(H,12,13)(H,14,15). The highest BCUT2D eigenvalue weighted by molar-refractivity contribution is 7.13. The first-order valence-electron chi connectivity index (χ1n) is 4.76. The lowest BCUT2D eigenvalue weighted by Crippen LogP contribution is -2.42. The summed E-state index contributed by atoms with van der Waals surface area (Å²) in [6.07, 6.45) is 0.964. The molecule has 0 aliphatic heterocycles. The summed E-state index contributed by atoms with van der Waals surface area (Å²) in [5, 5.41) is 13.6. The number of halogens is 1. The zero-order valence-corrected chi connectivity index (χ0v) is 10.1. The predicted octanol–water partition coefficient (Wildman–Crippen LogP) is 2.06. The third kappa shape index (κ3) is 1.81. The quantitative estimate of drug-likeness (QED) is 0.873. The fourth-order valence-corrected chi connectivity index (χ4v) is 2.55. The van der Waals surface area contributed by atoms with Gasteiger partial charge in [-0.05, 0) is 30.7 Å². The van der Waals surface area contributed by atoms with E-state index in [0.717, 1.165) is 5.56 Å². The predicted molar refractivity (Wildman–Crippen MR) is 61.1 cm³/mol. The second kappa shape index (κ2) is 3.75. The molecule has 0 unspecified atom stereocenters. The molecule has 1 saturated carbocycles. The molecule has 0 bridgehead atoms. The third-order valence-corrected chi connectivity index (χ3v) is 4.31. The number of hydrogen-bond acceptors (Lipinski definition) is 3. The van der Waals surface area contributed by atoms with E-state index in [1.54, 1.807) is 12.3 Å². The number of rotatable bonds is 3. The average molecular weight is 260 g/mol. The van der Waals surface area contributed by atoms with Crippen molar-refractivity contribution in [3.8, 4) is 0 Å². The Labute approximate surface area is 101 Å². The molecule has 0 atom stereocenters. The van der Waals surface area contributed by atoms with Crippen molar-refractivity contribution < 1.29 is 14.7 Å². The molecule has 2 N–H and O–H groups in total. The lowest BCUT2D eigenvalue weighted by Gasteiger charge is -2.11. The molecule has 1 aromatic heterocycles. The van der Waals surface area contributed by atoms with Crippen LogP contribution in [0.3, 0.4) is 0 Å². The molecule has 4 nitrogen and oxygen atoms in total. The largest absolute Gasteiger partial charge is 0.480 e. The molecule has 16 heavy (non-hydrogen) atoms. The Morgan fingerprint density at radius 3 is 2.56 bits per heavy atom. The van der Waals surface area contributed by atoms with E-state index in [-0.39, 0.29) is 0 Å². The molecule has 1 heterocycles. The first-order valence-corrected chi connectivity index (χ1v) is 6.01. The first kappa shape index (κ1) is 11.4. The van der Waals surface area contributed by atoms with Crippen LogP contribution in [0.2, 0.25) is 5.02 Å². The summed E-state index contributed by atoms with van der Waals surface area (Å²) in [6.45, 7) is 1.81. The summed E-state index contributed by atoms with van der Waals surface area (Å²) in [5.74, 6) is -1.38. The molecule has 0 aromatic carbocycles. The molecular formula is C10H10ClNO3S. The third-order valence-electron chi connectivity index (χ3n) is 2.62. The summed E-state index contributed by atoms with van der Waals surface area (Å²) in [6, 6.07) is 0. The van der Waals surface area contributed by atoms with Crippen LogP contribution in [0.4, 0.5) is 0 Å². The summed E-state index contributed by atoms with van der Waals surface area (Å²) in [5.41, 5.74) is -0.227. The number of nitrogens with one attached hydrogen (secondary N) is 1. The number of aliphatic carboxylic acids is 1. The van der Waals surface area contributed by atoms with Crippen LogP contribution < -0.4 is 5.32 Å². The highest BCUT2D eigenvalue weighted by Gasteiger charge is 2.51. The molecule has 2 rings (SSSR count). The van der Waals surface area contributed by atoms with E-state index in [4.69, 9.17) is 16.7 Å². The molecule has 1 aliphatic carbocycles. The van der Waals surface area contributed by atoms with Crippen molar-refractivity contribution in [1.82, 2.24) is 5.32 Å². The van der Waals surface area contributed by atoms with Gasteiger partial charge in [0.1, 0.15) is 10.4 Å². The van der Waals surface area contributed by atoms with Gasteiger partial charge in [0.25, 0.3) is 5.91 Å². The maximum absolute atomic E-state index is 11.8. The number of amides is 1. The SMILES string of the molecule is Cc1csc(C(=O)NC2(C(=O)O)CC2)c1Cl. The molecule has 0 saturated heterocycles. The second-order valence-corrected chi connectivity index (χ2v) is 5.16. The van der Waals surface area contributed by atoms with Crippen LogP contribution in [0, 0.1) is 6.92 Å². The minimum absolute atomic E-state index is 0.381. The smallest absolute Gasteiger partial charge is 0.329 e. The normalized spacial score (nSPS) is 16.9. The number of aryl methyl sites for hydroxylation is 1. The minimum Gasteiger partial charge on any atom is -0.480 e. The lowest BCUT2D eigenvalue weighted by molar-refractivity contribution is -0.140. The van der Waals surface area contributed by atoms with Crippen LogP contribution in [0.15, 0.2) is 5.38 Å². The van der Waals surface area contributed by atoms with Gasteiger partial charge in [-0.3, -0.25) is 4.79 Å². The van der Waals surface area contributed by atoms with Gasteiger partial charge in [-0.25, -0.2) is 4.79 Å². The summed E-state index contributed by atoms with van der Waals surface area (Å²) < 4.78 is 0. The molecule has 86 valence electrons. The monoisotopic (exact) mass is 259 g/mol. The average Bonchev–Trinajstić information content (AvgIpc) is 2.91. The van der Waals surface area contributed by atoms with Crippen molar-refractivity contribution in [3.63, 3.8) is 0 Å². The number of carboxylic acids is 1. The minimum atomic E-state index is -1.06. The lowest BCUT2D eigenvalue weighted by atomic mass is 10.2. The van der Waals surface area contributed by atoms with Gasteiger partial charge in [0.2, 0.25) is 0 Å². The van der Waals surface area contributed by atoms with E-state index < -0.39 is 17.4 Å². The topological polar surface area (TPSA) is 66.4 Å². The van der Waals surface area contributed by atoms with E-state index in [2.05, 4.69) is 5.32 Å². The number of carbonyl (C=O) groups is 2. The van der Waals surface area contributed by atoms with E-state index >= 15 is 0 Å². The molecule has 1 aliphatic rings. The van der Waals surface area contributed by atoms with Crippen LogP contribution in [0.5, 0.6) is 0 Å². The van der Waals surface area contributed by atoms with Gasteiger partial charge in [0.05, 0.1) is 5.02 Å². The van der Waals surface area contributed by atoms with Gasteiger partial charge < -0.3 is 10.4 Å². The van der Waals surface area contributed by atoms with Gasteiger partial charge in [-0.2, -0.15) is 0 Å². The number of carbonyl (C=O) groups excluding carboxylic acids is 1. The van der Waals surface area contributed by atoms with Crippen molar-refractivity contribution in [2.24, 2.45) is 0 Å². The van der Waals surface area contributed by atoms with E-state index in [9.17, 15) is 9.59 Å². The van der Waals surface area contributed by atoms with Crippen molar-refractivity contribution in [3.05, 3.63) is 20.8 Å². The Hall–Kier alpha value is -1.07. The maximum atomic E-state index is 11.8. The molecule has 6 heteroatoms. The van der Waals surface area contributed by atoms with E-state index in [1.165, 1.54) is 11.3 Å². The first-order chi connectivity index (χ1) is 7.46. The van der Waals surface area contributed by atoms with Crippen LogP contribution in [-0.2, 0) is 4.79 Å². The summed E-state index contributed by atoms with van der Waals surface area (Å²) >= 11 is 7.16. The number of carboxylic acid groups (broad SMARTS) is 1. The highest BCUT2D eigenvalue weighted by atomic mass is 35.5. The number of thiophene rings is 1. The molecule has 1 aromatic rings. The van der Waals surface area contributed by atoms with E-state index in [1.807, 2.05) is 0 Å². The highest BCUT2D eigenvalue weighted by Crippen LogP contribution is 2.37. The second-order valence-electron chi connectivity index (χ2n) is 3.90. The van der Waals surface area contributed by atoms with Gasteiger partial charge >= 0.3 is 5.97 Å². The van der Waals surface area contributed by atoms with Gasteiger partial charge in [-0.1, -0.05) is 11.6 Å².